The number of ether oxygens (including phenoxy) is 2. The van der Waals surface area contributed by atoms with Gasteiger partial charge in [-0.15, -0.1) is 0 Å². The Labute approximate surface area is 154 Å². The molecule has 0 amide bonds. The lowest BCUT2D eigenvalue weighted by atomic mass is 10.1. The van der Waals surface area contributed by atoms with Crippen molar-refractivity contribution in [3.05, 3.63) is 68.0 Å². The van der Waals surface area contributed by atoms with Gasteiger partial charge in [-0.05, 0) is 58.4 Å². The first-order chi connectivity index (χ1) is 11.5. The molecule has 0 aliphatic carbocycles. The Morgan fingerprint density at radius 1 is 1.21 bits per heavy atom. The summed E-state index contributed by atoms with van der Waals surface area (Å²) in [5.41, 5.74) is 1.32. The molecule has 1 aliphatic rings. The molecule has 1 aliphatic heterocycles. The van der Waals surface area contributed by atoms with E-state index in [0.717, 1.165) is 8.95 Å². The fraction of sp³-hybridized carbons (Fsp3) is 0.0588. The van der Waals surface area contributed by atoms with Crippen molar-refractivity contribution in [3.63, 3.8) is 0 Å². The highest BCUT2D eigenvalue weighted by Gasteiger charge is 2.25. The maximum absolute atomic E-state index is 13.0. The Morgan fingerprint density at radius 3 is 2.58 bits per heavy atom. The molecule has 0 spiro atoms. The predicted molar refractivity (Wildman–Crippen MR) is 95.4 cm³/mol. The van der Waals surface area contributed by atoms with Gasteiger partial charge in [0.25, 0.3) is 0 Å². The number of rotatable bonds is 3. The number of carbonyl (C=O) groups excluding carboxylic acids is 1. The molecule has 0 N–H and O–H groups in total. The Morgan fingerprint density at radius 2 is 1.92 bits per heavy atom. The number of benzene rings is 2. The molecular weight excluding hydrogens is 445 g/mol. The topological polar surface area (TPSA) is 47.9 Å². The zero-order valence-electron chi connectivity index (χ0n) is 12.3. The minimum atomic E-state index is -0.576. The lowest BCUT2D eigenvalue weighted by Crippen LogP contribution is -2.05. The molecule has 2 aromatic carbocycles. The summed E-state index contributed by atoms with van der Waals surface area (Å²) in [6.07, 6.45) is 1.58. The monoisotopic (exact) mass is 453 g/mol. The van der Waals surface area contributed by atoms with Crippen LogP contribution >= 0.6 is 31.9 Å². The fourth-order valence-corrected chi connectivity index (χ4v) is 3.60. The molecule has 0 saturated heterocycles. The molecule has 0 fully saturated rings. The van der Waals surface area contributed by atoms with Gasteiger partial charge < -0.3 is 9.47 Å². The molecule has 0 bridgehead atoms. The van der Waals surface area contributed by atoms with E-state index in [1.807, 2.05) is 6.07 Å². The third-order valence-electron chi connectivity index (χ3n) is 3.25. The molecule has 7 heteroatoms. The van der Waals surface area contributed by atoms with Crippen molar-refractivity contribution < 1.29 is 18.7 Å². The van der Waals surface area contributed by atoms with E-state index in [0.29, 0.717) is 16.9 Å². The van der Waals surface area contributed by atoms with Gasteiger partial charge in [-0.2, -0.15) is 0 Å². The number of esters is 1. The van der Waals surface area contributed by atoms with Gasteiger partial charge >= 0.3 is 5.97 Å². The van der Waals surface area contributed by atoms with Crippen LogP contribution in [-0.2, 0) is 9.53 Å². The molecule has 2 aromatic rings. The normalized spacial score (nSPS) is 15.4. The van der Waals surface area contributed by atoms with Gasteiger partial charge in [0.1, 0.15) is 11.6 Å². The first kappa shape index (κ1) is 16.9. The summed E-state index contributed by atoms with van der Waals surface area (Å²) < 4.78 is 25.1. The zero-order valence-corrected chi connectivity index (χ0v) is 15.5. The molecule has 3 rings (SSSR count). The minimum absolute atomic E-state index is 0.137. The summed E-state index contributed by atoms with van der Waals surface area (Å²) in [4.78, 5) is 16.3. The summed E-state index contributed by atoms with van der Waals surface area (Å²) in [5, 5.41) is 0. The molecule has 0 saturated carbocycles. The van der Waals surface area contributed by atoms with E-state index in [1.54, 1.807) is 12.1 Å². The average molecular weight is 455 g/mol. The summed E-state index contributed by atoms with van der Waals surface area (Å²) >= 11 is 6.80. The van der Waals surface area contributed by atoms with E-state index in [1.165, 1.54) is 31.4 Å². The Balaban J connectivity index is 2.02. The van der Waals surface area contributed by atoms with Gasteiger partial charge in [0.15, 0.2) is 5.70 Å². The maximum Gasteiger partial charge on any atom is 0.363 e. The van der Waals surface area contributed by atoms with Crippen LogP contribution in [-0.4, -0.2) is 19.0 Å². The largest absolute Gasteiger partial charge is 0.495 e. The van der Waals surface area contributed by atoms with Gasteiger partial charge in [0.05, 0.1) is 11.6 Å². The second-order valence-corrected chi connectivity index (χ2v) is 6.62. The van der Waals surface area contributed by atoms with Crippen molar-refractivity contribution in [2.45, 2.75) is 0 Å². The number of methoxy groups -OCH3 is 1. The van der Waals surface area contributed by atoms with Crippen LogP contribution in [0.1, 0.15) is 11.1 Å². The van der Waals surface area contributed by atoms with Gasteiger partial charge in [-0.3, -0.25) is 0 Å². The fourth-order valence-electron chi connectivity index (χ4n) is 2.18. The van der Waals surface area contributed by atoms with Gasteiger partial charge in [-0.1, -0.05) is 15.9 Å². The number of aliphatic imine (C=N–C) groups is 1. The van der Waals surface area contributed by atoms with E-state index in [2.05, 4.69) is 36.9 Å². The Hall–Kier alpha value is -1.99. The van der Waals surface area contributed by atoms with E-state index >= 15 is 0 Å². The number of hydrogen-bond donors (Lipinski definition) is 0. The summed E-state index contributed by atoms with van der Waals surface area (Å²) in [5.74, 6) is -0.237. The number of carbonyl (C=O) groups is 1. The SMILES string of the molecule is COc1c(Br)cc(Br)cc1/C=C1\N=C(c2ccc(F)cc2)OC1=O. The first-order valence-electron chi connectivity index (χ1n) is 6.79. The predicted octanol–water partition coefficient (Wildman–Crippen LogP) is 4.70. The third-order valence-corrected chi connectivity index (χ3v) is 4.29. The van der Waals surface area contributed by atoms with Crippen LogP contribution < -0.4 is 4.74 Å². The van der Waals surface area contributed by atoms with Crippen molar-refractivity contribution in [3.8, 4) is 5.75 Å². The lowest BCUT2D eigenvalue weighted by Gasteiger charge is -2.08. The molecule has 0 atom stereocenters. The van der Waals surface area contributed by atoms with Gasteiger partial charge in [0, 0.05) is 15.6 Å². The summed E-state index contributed by atoms with van der Waals surface area (Å²) in [6.45, 7) is 0. The number of cyclic esters (lactones) is 1. The average Bonchev–Trinajstić information content (AvgIpc) is 2.88. The highest BCUT2D eigenvalue weighted by Crippen LogP contribution is 2.34. The van der Waals surface area contributed by atoms with Crippen molar-refractivity contribution in [2.24, 2.45) is 4.99 Å². The second kappa shape index (κ2) is 6.86. The molecule has 4 nitrogen and oxygen atoms in total. The Bertz CT molecular complexity index is 876. The van der Waals surface area contributed by atoms with Crippen LogP contribution in [0.2, 0.25) is 0 Å². The smallest absolute Gasteiger partial charge is 0.363 e. The molecular formula is C17H10Br2FNO3. The van der Waals surface area contributed by atoms with Crippen LogP contribution in [0.3, 0.4) is 0 Å². The molecule has 0 radical (unpaired) electrons. The van der Waals surface area contributed by atoms with E-state index in [4.69, 9.17) is 9.47 Å². The van der Waals surface area contributed by atoms with Crippen LogP contribution in [0.5, 0.6) is 5.75 Å². The molecule has 0 unspecified atom stereocenters. The second-order valence-electron chi connectivity index (χ2n) is 4.85. The quantitative estimate of drug-likeness (QED) is 0.498. The molecule has 1 heterocycles. The van der Waals surface area contributed by atoms with Crippen molar-refractivity contribution in [1.82, 2.24) is 0 Å². The van der Waals surface area contributed by atoms with Crippen LogP contribution in [0.15, 0.2) is 56.0 Å². The van der Waals surface area contributed by atoms with E-state index in [-0.39, 0.29) is 17.4 Å². The standard InChI is InChI=1S/C17H10Br2FNO3/c1-23-15-10(6-11(18)8-13(15)19)7-14-17(22)24-16(21-14)9-2-4-12(20)5-3-9/h2-8H,1H3/b14-7-. The molecule has 24 heavy (non-hydrogen) atoms. The van der Waals surface area contributed by atoms with Crippen LogP contribution in [0.4, 0.5) is 4.39 Å². The summed E-state index contributed by atoms with van der Waals surface area (Å²) in [7, 11) is 1.54. The van der Waals surface area contributed by atoms with Crippen LogP contribution in [0.25, 0.3) is 6.08 Å². The molecule has 122 valence electrons. The zero-order chi connectivity index (χ0) is 17.3. The van der Waals surface area contributed by atoms with E-state index < -0.39 is 5.97 Å². The minimum Gasteiger partial charge on any atom is -0.495 e. The molecule has 0 aromatic heterocycles. The van der Waals surface area contributed by atoms with Crippen LogP contribution in [0, 0.1) is 5.82 Å². The van der Waals surface area contributed by atoms with Gasteiger partial charge in [-0.25, -0.2) is 14.2 Å². The van der Waals surface area contributed by atoms with Crippen molar-refractivity contribution in [1.29, 1.82) is 0 Å². The summed E-state index contributed by atoms with van der Waals surface area (Å²) in [6, 6.07) is 9.20. The maximum atomic E-state index is 13.0. The number of nitrogens with zero attached hydrogens (tertiary/aromatic N) is 1. The first-order valence-corrected chi connectivity index (χ1v) is 8.38. The number of hydrogen-bond acceptors (Lipinski definition) is 4. The van der Waals surface area contributed by atoms with Crippen molar-refractivity contribution >= 4 is 49.8 Å². The van der Waals surface area contributed by atoms with E-state index in [9.17, 15) is 9.18 Å². The third kappa shape index (κ3) is 3.42. The Kier molecular flexibility index (Phi) is 4.82. The van der Waals surface area contributed by atoms with Crippen molar-refractivity contribution in [2.75, 3.05) is 7.11 Å². The highest BCUT2D eigenvalue weighted by atomic mass is 79.9. The highest BCUT2D eigenvalue weighted by molar-refractivity contribution is 9.11. The number of halogens is 3. The lowest BCUT2D eigenvalue weighted by molar-refractivity contribution is -0.129. The van der Waals surface area contributed by atoms with Gasteiger partial charge in [0.2, 0.25) is 5.90 Å².